The van der Waals surface area contributed by atoms with Crippen molar-refractivity contribution in [2.24, 2.45) is 0 Å². The third-order valence-corrected chi connectivity index (χ3v) is 11.3. The molecule has 1 heterocycles. The summed E-state index contributed by atoms with van der Waals surface area (Å²) in [7, 11) is 0. The summed E-state index contributed by atoms with van der Waals surface area (Å²) in [4.78, 5) is 52.1. The molecule has 0 bridgehead atoms. The number of nitrogens with zero attached hydrogens (tertiary/aromatic N) is 3. The Hall–Kier alpha value is -2.71. The fraction of sp³-hybridized carbons (Fsp3) is 0.864. The molecular formula is C44H81N5O8S. The van der Waals surface area contributed by atoms with Gasteiger partial charge in [-0.25, -0.2) is 4.68 Å². The number of ether oxygens (including phenoxy) is 2. The third-order valence-electron chi connectivity index (χ3n) is 10.1. The normalized spacial score (nSPS) is 12.8. The summed E-state index contributed by atoms with van der Waals surface area (Å²) in [5.74, 6) is -0.802. The first-order chi connectivity index (χ1) is 28.2. The van der Waals surface area contributed by atoms with Gasteiger partial charge in [0.2, 0.25) is 11.8 Å². The van der Waals surface area contributed by atoms with Crippen LogP contribution in [0.4, 0.5) is 5.82 Å². The van der Waals surface area contributed by atoms with Crippen LogP contribution in [0, 0.1) is 0 Å². The number of aliphatic hydroxyl groups excluding tert-OH is 2. The van der Waals surface area contributed by atoms with E-state index in [1.54, 1.807) is 0 Å². The second kappa shape index (κ2) is 37.3. The Bertz CT molecular complexity index is 1190. The molecule has 0 unspecified atom stereocenters. The molecule has 4 N–H and O–H groups in total. The zero-order valence-corrected chi connectivity index (χ0v) is 37.3. The van der Waals surface area contributed by atoms with Crippen molar-refractivity contribution in [1.82, 2.24) is 20.3 Å². The van der Waals surface area contributed by atoms with E-state index in [0.717, 1.165) is 64.2 Å². The van der Waals surface area contributed by atoms with Crippen LogP contribution in [-0.4, -0.2) is 91.9 Å². The smallest absolute Gasteiger partial charge is 0.306 e. The van der Waals surface area contributed by atoms with E-state index < -0.39 is 30.8 Å². The van der Waals surface area contributed by atoms with Crippen molar-refractivity contribution < 1.29 is 38.9 Å². The summed E-state index contributed by atoms with van der Waals surface area (Å²) in [6, 6.07) is -0.932. The Balaban J connectivity index is 2.83. The van der Waals surface area contributed by atoms with Gasteiger partial charge in [-0.15, -0.1) is 5.10 Å². The lowest BCUT2D eigenvalue weighted by molar-refractivity contribution is -0.157. The molecule has 2 amide bonds. The summed E-state index contributed by atoms with van der Waals surface area (Å²) in [5.41, 5.74) is 0. The van der Waals surface area contributed by atoms with Crippen LogP contribution in [0.3, 0.4) is 0 Å². The molecule has 0 aliphatic heterocycles. The molecular weight excluding hydrogens is 759 g/mol. The molecule has 3 atom stereocenters. The lowest BCUT2D eigenvalue weighted by Gasteiger charge is -2.21. The predicted octanol–water partition coefficient (Wildman–Crippen LogP) is 8.84. The minimum Gasteiger partial charge on any atom is -0.462 e. The predicted molar refractivity (Wildman–Crippen MR) is 234 cm³/mol. The average Bonchev–Trinajstić information content (AvgIpc) is 3.65. The molecule has 1 aromatic rings. The summed E-state index contributed by atoms with van der Waals surface area (Å²) in [6.45, 7) is 6.08. The molecule has 0 aromatic carbocycles. The van der Waals surface area contributed by atoms with Crippen molar-refractivity contribution in [3.8, 4) is 0 Å². The molecule has 13 nitrogen and oxygen atoms in total. The number of carbonyl (C=O) groups excluding carboxylic acids is 4. The maximum atomic E-state index is 13.5. The zero-order chi connectivity index (χ0) is 42.5. The first-order valence-electron chi connectivity index (χ1n) is 22.9. The van der Waals surface area contributed by atoms with Crippen LogP contribution in [0.5, 0.6) is 0 Å². The Labute approximate surface area is 354 Å². The van der Waals surface area contributed by atoms with Gasteiger partial charge in [-0.05, 0) is 19.3 Å². The molecule has 1 aromatic heterocycles. The highest BCUT2D eigenvalue weighted by molar-refractivity contribution is 7.99. The van der Waals surface area contributed by atoms with Gasteiger partial charge in [-0.3, -0.25) is 19.2 Å². The van der Waals surface area contributed by atoms with E-state index in [1.807, 2.05) is 0 Å². The van der Waals surface area contributed by atoms with Gasteiger partial charge in [0.25, 0.3) is 0 Å². The van der Waals surface area contributed by atoms with Crippen molar-refractivity contribution in [3.63, 3.8) is 0 Å². The van der Waals surface area contributed by atoms with Gasteiger partial charge in [0, 0.05) is 30.8 Å². The van der Waals surface area contributed by atoms with Crippen molar-refractivity contribution in [2.45, 2.75) is 219 Å². The van der Waals surface area contributed by atoms with E-state index >= 15 is 0 Å². The number of nitrogens with one attached hydrogen (secondary N) is 2. The number of rotatable bonds is 40. The summed E-state index contributed by atoms with van der Waals surface area (Å²) >= 11 is 1.33. The van der Waals surface area contributed by atoms with Crippen LogP contribution < -0.4 is 10.6 Å². The van der Waals surface area contributed by atoms with E-state index in [2.05, 4.69) is 41.7 Å². The Morgan fingerprint density at radius 3 is 1.69 bits per heavy atom. The molecule has 0 saturated carbocycles. The Morgan fingerprint density at radius 1 is 0.690 bits per heavy atom. The number of unbranched alkanes of at least 4 members (excludes halogenated alkanes) is 21. The molecule has 0 radical (unpaired) electrons. The van der Waals surface area contributed by atoms with Crippen molar-refractivity contribution in [1.29, 1.82) is 0 Å². The van der Waals surface area contributed by atoms with Gasteiger partial charge >= 0.3 is 11.9 Å². The van der Waals surface area contributed by atoms with Crippen molar-refractivity contribution >= 4 is 41.3 Å². The molecule has 0 aliphatic rings. The van der Waals surface area contributed by atoms with E-state index in [-0.39, 0.29) is 54.7 Å². The fourth-order valence-electron chi connectivity index (χ4n) is 6.54. The number of aliphatic hydroxyl groups is 2. The third kappa shape index (κ3) is 30.3. The number of esters is 2. The minimum atomic E-state index is -1.03. The number of hydrogen-bond acceptors (Lipinski definition) is 11. The molecule has 0 saturated heterocycles. The average molecular weight is 840 g/mol. The SMILES string of the molecule is CCCCCCCCCCC(=O)N[C@H](CSC[C@@H](COC(=O)CCCCCCCCCC)OC(=O)CCCCCCCCCC)C(=O)Nc1cn(C[C@@H](O)CO)nn1. The first kappa shape index (κ1) is 53.3. The van der Waals surface area contributed by atoms with Crippen molar-refractivity contribution in [2.75, 3.05) is 30.0 Å². The molecule has 58 heavy (non-hydrogen) atoms. The molecule has 1 rings (SSSR count). The largest absolute Gasteiger partial charge is 0.462 e. The van der Waals surface area contributed by atoms with Crippen LogP contribution in [-0.2, 0) is 35.2 Å². The monoisotopic (exact) mass is 840 g/mol. The standard InChI is InChI=1S/C44H81N5O8S/c1-4-7-10-13-16-19-22-25-28-41(52)45-39(44(55)46-40-32-49(48-47-40)31-37(51)33-50)36-58-35-38(57-43(54)30-27-24-21-18-15-12-9-6-3)34-56-42(53)29-26-23-20-17-14-11-8-5-2/h32,37-39,50-51H,4-31,33-36H2,1-3H3,(H,45,52)(H,46,55)/t37-,38-,39-/m1/s1. The van der Waals surface area contributed by atoms with Gasteiger partial charge in [-0.1, -0.05) is 161 Å². The van der Waals surface area contributed by atoms with Crippen LogP contribution in [0.25, 0.3) is 0 Å². The maximum Gasteiger partial charge on any atom is 0.306 e. The van der Waals surface area contributed by atoms with E-state index in [0.29, 0.717) is 12.8 Å². The number of carbonyl (C=O) groups is 4. The fourth-order valence-corrected chi connectivity index (χ4v) is 7.58. The van der Waals surface area contributed by atoms with Gasteiger partial charge in [0.1, 0.15) is 18.8 Å². The molecule has 0 aliphatic carbocycles. The highest BCUT2D eigenvalue weighted by Gasteiger charge is 2.24. The second-order valence-corrected chi connectivity index (χ2v) is 16.9. The van der Waals surface area contributed by atoms with Crippen LogP contribution >= 0.6 is 11.8 Å². The number of thioether (sulfide) groups is 1. The lowest BCUT2D eigenvalue weighted by atomic mass is 10.1. The summed E-state index contributed by atoms with van der Waals surface area (Å²) < 4.78 is 12.7. The second-order valence-electron chi connectivity index (χ2n) is 15.8. The maximum absolute atomic E-state index is 13.5. The highest BCUT2D eigenvalue weighted by atomic mass is 32.2. The highest BCUT2D eigenvalue weighted by Crippen LogP contribution is 2.16. The minimum absolute atomic E-state index is 0.00313. The van der Waals surface area contributed by atoms with E-state index in [1.165, 1.54) is 113 Å². The van der Waals surface area contributed by atoms with Crippen molar-refractivity contribution in [3.05, 3.63) is 6.20 Å². The lowest BCUT2D eigenvalue weighted by Crippen LogP contribution is -2.45. The topological polar surface area (TPSA) is 182 Å². The number of aromatic nitrogens is 3. The zero-order valence-electron chi connectivity index (χ0n) is 36.5. The van der Waals surface area contributed by atoms with Gasteiger partial charge < -0.3 is 30.3 Å². The van der Waals surface area contributed by atoms with E-state index in [4.69, 9.17) is 14.6 Å². The Kier molecular flexibility index (Phi) is 34.3. The summed E-state index contributed by atoms with van der Waals surface area (Å²) in [5, 5.41) is 32.3. The quantitative estimate of drug-likeness (QED) is 0.0366. The number of hydrogen-bond donors (Lipinski definition) is 4. The van der Waals surface area contributed by atoms with Gasteiger partial charge in [0.05, 0.1) is 25.5 Å². The summed E-state index contributed by atoms with van der Waals surface area (Å²) in [6.07, 6.45) is 27.3. The first-order valence-corrected chi connectivity index (χ1v) is 24.1. The van der Waals surface area contributed by atoms with Crippen LogP contribution in [0.15, 0.2) is 6.20 Å². The molecule has 0 fully saturated rings. The molecule has 14 heteroatoms. The number of amides is 2. The van der Waals surface area contributed by atoms with Crippen LogP contribution in [0.1, 0.15) is 194 Å². The van der Waals surface area contributed by atoms with Gasteiger partial charge in [-0.2, -0.15) is 11.8 Å². The molecule has 0 spiro atoms. The Morgan fingerprint density at radius 2 is 1.17 bits per heavy atom. The van der Waals surface area contributed by atoms with E-state index in [9.17, 15) is 24.3 Å². The van der Waals surface area contributed by atoms with Gasteiger partial charge in [0.15, 0.2) is 5.82 Å². The van der Waals surface area contributed by atoms with Crippen LogP contribution in [0.2, 0.25) is 0 Å². The number of anilines is 1. The molecule has 336 valence electrons.